The highest BCUT2D eigenvalue weighted by atomic mass is 16.5. The highest BCUT2D eigenvalue weighted by Crippen LogP contribution is 2.22. The Labute approximate surface area is 117 Å². The number of morpholine rings is 1. The predicted octanol–water partition coefficient (Wildman–Crippen LogP) is 1.21. The van der Waals surface area contributed by atoms with Gasteiger partial charge >= 0.3 is 6.03 Å². The van der Waals surface area contributed by atoms with E-state index in [0.29, 0.717) is 25.4 Å². The summed E-state index contributed by atoms with van der Waals surface area (Å²) in [7, 11) is 1.44. The Morgan fingerprint density at radius 3 is 3.10 bits per heavy atom. The third kappa shape index (κ3) is 3.16. The maximum Gasteiger partial charge on any atom is 0.322 e. The molecule has 1 aromatic rings. The van der Waals surface area contributed by atoms with Gasteiger partial charge in [-0.25, -0.2) is 9.78 Å². The van der Waals surface area contributed by atoms with Crippen molar-refractivity contribution in [2.24, 2.45) is 0 Å². The van der Waals surface area contributed by atoms with Gasteiger partial charge in [-0.2, -0.15) is 5.26 Å². The van der Waals surface area contributed by atoms with Crippen LogP contribution in [0.2, 0.25) is 0 Å². The second-order valence-corrected chi connectivity index (χ2v) is 4.42. The fourth-order valence-electron chi connectivity index (χ4n) is 1.95. The number of hydrogen-bond acceptors (Lipinski definition) is 5. The first-order valence-electron chi connectivity index (χ1n) is 6.26. The van der Waals surface area contributed by atoms with E-state index in [9.17, 15) is 4.79 Å². The van der Waals surface area contributed by atoms with Gasteiger partial charge in [-0.15, -0.1) is 0 Å². The molecule has 20 heavy (non-hydrogen) atoms. The Hall–Kier alpha value is -2.33. The molecule has 0 radical (unpaired) electrons. The van der Waals surface area contributed by atoms with E-state index in [0.717, 1.165) is 0 Å². The minimum Gasteiger partial charge on any atom is -0.479 e. The summed E-state index contributed by atoms with van der Waals surface area (Å²) in [6.07, 6.45) is 0.0236. The predicted molar refractivity (Wildman–Crippen MR) is 71.5 cm³/mol. The third-order valence-corrected chi connectivity index (χ3v) is 2.94. The molecular weight excluding hydrogens is 260 g/mol. The molecule has 1 aromatic heterocycles. The van der Waals surface area contributed by atoms with Crippen molar-refractivity contribution < 1.29 is 14.3 Å². The fraction of sp³-hybridized carbons (Fsp3) is 0.462. The van der Waals surface area contributed by atoms with E-state index in [1.165, 1.54) is 13.2 Å². The molecule has 1 fully saturated rings. The molecule has 1 unspecified atom stereocenters. The van der Waals surface area contributed by atoms with Crippen molar-refractivity contribution in [3.05, 3.63) is 17.8 Å². The number of nitrogens with one attached hydrogen (secondary N) is 1. The first-order chi connectivity index (χ1) is 9.63. The molecule has 2 amide bonds. The summed E-state index contributed by atoms with van der Waals surface area (Å²) in [5, 5.41) is 11.5. The Kier molecular flexibility index (Phi) is 4.38. The molecule has 0 aromatic carbocycles. The van der Waals surface area contributed by atoms with Crippen LogP contribution in [0.1, 0.15) is 12.6 Å². The average Bonchev–Trinajstić information content (AvgIpc) is 2.47. The number of nitriles is 1. The number of urea groups is 1. The molecule has 0 saturated carbocycles. The molecule has 0 bridgehead atoms. The van der Waals surface area contributed by atoms with Gasteiger partial charge in [-0.3, -0.25) is 0 Å². The van der Waals surface area contributed by atoms with E-state index < -0.39 is 0 Å². The van der Waals surface area contributed by atoms with Gasteiger partial charge in [0.25, 0.3) is 0 Å². The highest BCUT2D eigenvalue weighted by Gasteiger charge is 2.22. The van der Waals surface area contributed by atoms with Gasteiger partial charge in [0.15, 0.2) is 0 Å². The van der Waals surface area contributed by atoms with Crippen molar-refractivity contribution in [2.45, 2.75) is 13.0 Å². The normalized spacial score (nSPS) is 18.2. The number of hydrogen-bond donors (Lipinski definition) is 1. The molecule has 1 aliphatic heterocycles. The molecule has 0 aliphatic carbocycles. The van der Waals surface area contributed by atoms with Crippen LogP contribution in [0.15, 0.2) is 12.1 Å². The third-order valence-electron chi connectivity index (χ3n) is 2.94. The Bertz CT molecular complexity index is 541. The minimum absolute atomic E-state index is 0.0236. The van der Waals surface area contributed by atoms with Gasteiger partial charge in [0.05, 0.1) is 19.8 Å². The van der Waals surface area contributed by atoms with Gasteiger partial charge in [0, 0.05) is 13.1 Å². The van der Waals surface area contributed by atoms with Gasteiger partial charge in [-0.1, -0.05) is 0 Å². The molecule has 1 atom stereocenters. The van der Waals surface area contributed by atoms with Gasteiger partial charge in [0.2, 0.25) is 5.88 Å². The summed E-state index contributed by atoms with van der Waals surface area (Å²) < 4.78 is 10.5. The Balaban J connectivity index is 2.09. The Morgan fingerprint density at radius 1 is 1.65 bits per heavy atom. The zero-order chi connectivity index (χ0) is 14.5. The number of pyridine rings is 1. The number of amides is 2. The molecule has 2 rings (SSSR count). The SMILES string of the molecule is COc1nc(C#N)ccc1NC(=O)N1CCOC(C)C1. The number of rotatable bonds is 2. The van der Waals surface area contributed by atoms with Crippen LogP contribution in [-0.2, 0) is 4.74 Å². The number of aromatic nitrogens is 1. The van der Waals surface area contributed by atoms with Gasteiger partial charge in [0.1, 0.15) is 17.5 Å². The van der Waals surface area contributed by atoms with Gasteiger partial charge in [-0.05, 0) is 19.1 Å². The van der Waals surface area contributed by atoms with Crippen LogP contribution >= 0.6 is 0 Å². The largest absolute Gasteiger partial charge is 0.479 e. The van der Waals surface area contributed by atoms with Crippen LogP contribution in [0.25, 0.3) is 0 Å². The molecular formula is C13H16N4O3. The Morgan fingerprint density at radius 2 is 2.45 bits per heavy atom. The number of nitrogens with zero attached hydrogens (tertiary/aromatic N) is 3. The lowest BCUT2D eigenvalue weighted by Crippen LogP contribution is -2.46. The molecule has 2 heterocycles. The van der Waals surface area contributed by atoms with E-state index in [4.69, 9.17) is 14.7 Å². The van der Waals surface area contributed by atoms with Crippen LogP contribution in [-0.4, -0.2) is 48.8 Å². The van der Waals surface area contributed by atoms with Crippen molar-refractivity contribution in [1.82, 2.24) is 9.88 Å². The molecule has 0 spiro atoms. The van der Waals surface area contributed by atoms with E-state index in [1.54, 1.807) is 11.0 Å². The second-order valence-electron chi connectivity index (χ2n) is 4.42. The molecule has 1 saturated heterocycles. The summed E-state index contributed by atoms with van der Waals surface area (Å²) in [4.78, 5) is 17.8. The summed E-state index contributed by atoms with van der Waals surface area (Å²) >= 11 is 0. The van der Waals surface area contributed by atoms with E-state index in [2.05, 4.69) is 10.3 Å². The van der Waals surface area contributed by atoms with Crippen LogP contribution < -0.4 is 10.1 Å². The van der Waals surface area contributed by atoms with E-state index in [-0.39, 0.29) is 23.7 Å². The standard InChI is InChI=1S/C13H16N4O3/c1-9-8-17(5-6-20-9)13(18)16-11-4-3-10(7-14)15-12(11)19-2/h3-4,9H,5-6,8H2,1-2H3,(H,16,18). The van der Waals surface area contributed by atoms with Gasteiger partial charge < -0.3 is 19.7 Å². The number of ether oxygens (including phenoxy) is 2. The van der Waals surface area contributed by atoms with E-state index >= 15 is 0 Å². The fourth-order valence-corrected chi connectivity index (χ4v) is 1.95. The van der Waals surface area contributed by atoms with Crippen LogP contribution in [0, 0.1) is 11.3 Å². The lowest BCUT2D eigenvalue weighted by molar-refractivity contribution is -0.00139. The number of anilines is 1. The van der Waals surface area contributed by atoms with Crippen molar-refractivity contribution in [3.63, 3.8) is 0 Å². The smallest absolute Gasteiger partial charge is 0.322 e. The zero-order valence-electron chi connectivity index (χ0n) is 11.4. The lowest BCUT2D eigenvalue weighted by atomic mass is 10.3. The molecule has 106 valence electrons. The lowest BCUT2D eigenvalue weighted by Gasteiger charge is -2.31. The summed E-state index contributed by atoms with van der Waals surface area (Å²) in [5.41, 5.74) is 0.676. The van der Waals surface area contributed by atoms with Crippen molar-refractivity contribution in [1.29, 1.82) is 5.26 Å². The quantitative estimate of drug-likeness (QED) is 0.877. The van der Waals surface area contributed by atoms with Crippen molar-refractivity contribution in [2.75, 3.05) is 32.1 Å². The molecule has 7 heteroatoms. The summed E-state index contributed by atoms with van der Waals surface area (Å²) in [5.74, 6) is 0.221. The van der Waals surface area contributed by atoms with Crippen LogP contribution in [0.3, 0.4) is 0 Å². The molecule has 1 aliphatic rings. The maximum absolute atomic E-state index is 12.1. The highest BCUT2D eigenvalue weighted by molar-refractivity contribution is 5.90. The topological polar surface area (TPSA) is 87.5 Å². The number of carbonyl (C=O) groups excluding carboxylic acids is 1. The maximum atomic E-state index is 12.1. The number of carbonyl (C=O) groups is 1. The van der Waals surface area contributed by atoms with Crippen molar-refractivity contribution in [3.8, 4) is 11.9 Å². The monoisotopic (exact) mass is 276 g/mol. The molecule has 1 N–H and O–H groups in total. The zero-order valence-corrected chi connectivity index (χ0v) is 11.4. The second kappa shape index (κ2) is 6.21. The first kappa shape index (κ1) is 14.1. The average molecular weight is 276 g/mol. The summed E-state index contributed by atoms with van der Waals surface area (Å²) in [6, 6.07) is 4.82. The molecule has 7 nitrogen and oxygen atoms in total. The van der Waals surface area contributed by atoms with Crippen LogP contribution in [0.4, 0.5) is 10.5 Å². The summed E-state index contributed by atoms with van der Waals surface area (Å²) in [6.45, 7) is 3.53. The first-order valence-corrected chi connectivity index (χ1v) is 6.26. The minimum atomic E-state index is -0.232. The van der Waals surface area contributed by atoms with Crippen LogP contribution in [0.5, 0.6) is 5.88 Å². The number of methoxy groups -OCH3 is 1. The van der Waals surface area contributed by atoms with E-state index in [1.807, 2.05) is 13.0 Å². The van der Waals surface area contributed by atoms with Crippen molar-refractivity contribution >= 4 is 11.7 Å².